The Balaban J connectivity index is 1.89. The second-order valence-electron chi connectivity index (χ2n) is 7.16. The third-order valence-electron chi connectivity index (χ3n) is 5.32. The van der Waals surface area contributed by atoms with Crippen LogP contribution in [0.25, 0.3) is 0 Å². The van der Waals surface area contributed by atoms with Gasteiger partial charge in [-0.05, 0) is 60.5 Å². The van der Waals surface area contributed by atoms with Gasteiger partial charge < -0.3 is 5.73 Å². The van der Waals surface area contributed by atoms with E-state index in [1.54, 1.807) is 0 Å². The van der Waals surface area contributed by atoms with Crippen molar-refractivity contribution in [2.24, 2.45) is 23.0 Å². The highest BCUT2D eigenvalue weighted by atomic mass is 14.6. The van der Waals surface area contributed by atoms with Crippen molar-refractivity contribution in [3.05, 3.63) is 59.4 Å². The normalized spacial score (nSPS) is 36.0. The van der Waals surface area contributed by atoms with E-state index in [2.05, 4.69) is 56.4 Å². The number of hydrogen-bond acceptors (Lipinski definition) is 1. The van der Waals surface area contributed by atoms with Gasteiger partial charge in [-0.25, -0.2) is 0 Å². The average Bonchev–Trinajstić information content (AvgIpc) is 2.48. The van der Waals surface area contributed by atoms with Crippen molar-refractivity contribution in [2.75, 3.05) is 0 Å². The van der Waals surface area contributed by atoms with Crippen LogP contribution in [-0.4, -0.2) is 0 Å². The van der Waals surface area contributed by atoms with Gasteiger partial charge in [0.1, 0.15) is 0 Å². The second-order valence-corrected chi connectivity index (χ2v) is 7.16. The maximum Gasteiger partial charge on any atom is 0.0162 e. The molecule has 0 radical (unpaired) electrons. The van der Waals surface area contributed by atoms with Gasteiger partial charge >= 0.3 is 0 Å². The molecule has 0 amide bonds. The molecule has 3 aliphatic carbocycles. The topological polar surface area (TPSA) is 26.0 Å². The summed E-state index contributed by atoms with van der Waals surface area (Å²) in [7, 11) is 0. The molecule has 0 spiro atoms. The minimum atomic E-state index is 0.277. The summed E-state index contributed by atoms with van der Waals surface area (Å²) in [4.78, 5) is 0. The lowest BCUT2D eigenvalue weighted by molar-refractivity contribution is 0.264. The van der Waals surface area contributed by atoms with Crippen LogP contribution in [0.15, 0.2) is 59.4 Å². The zero-order valence-corrected chi connectivity index (χ0v) is 13.3. The van der Waals surface area contributed by atoms with E-state index in [0.717, 1.165) is 18.5 Å². The van der Waals surface area contributed by atoms with Crippen molar-refractivity contribution in [1.82, 2.24) is 0 Å². The zero-order chi connectivity index (χ0) is 14.9. The van der Waals surface area contributed by atoms with E-state index in [-0.39, 0.29) is 5.41 Å². The van der Waals surface area contributed by atoms with Crippen LogP contribution in [0.2, 0.25) is 0 Å². The summed E-state index contributed by atoms with van der Waals surface area (Å²) in [6.07, 6.45) is 22.1. The van der Waals surface area contributed by atoms with Crippen LogP contribution in [-0.2, 0) is 0 Å². The van der Waals surface area contributed by atoms with Crippen LogP contribution in [0, 0.1) is 17.3 Å². The van der Waals surface area contributed by atoms with Crippen molar-refractivity contribution in [3.63, 3.8) is 0 Å². The minimum absolute atomic E-state index is 0.277. The van der Waals surface area contributed by atoms with Gasteiger partial charge in [0.2, 0.25) is 0 Å². The van der Waals surface area contributed by atoms with Gasteiger partial charge in [0.05, 0.1) is 0 Å². The number of nitrogens with two attached hydrogens (primary N) is 1. The van der Waals surface area contributed by atoms with E-state index in [1.165, 1.54) is 30.4 Å². The summed E-state index contributed by atoms with van der Waals surface area (Å²) >= 11 is 0. The van der Waals surface area contributed by atoms with Gasteiger partial charge in [0, 0.05) is 5.70 Å². The molecule has 1 heteroatoms. The van der Waals surface area contributed by atoms with Crippen molar-refractivity contribution in [1.29, 1.82) is 0 Å². The van der Waals surface area contributed by atoms with Crippen LogP contribution in [0.4, 0.5) is 0 Å². The van der Waals surface area contributed by atoms with Crippen molar-refractivity contribution in [2.45, 2.75) is 46.0 Å². The molecule has 0 aliphatic heterocycles. The van der Waals surface area contributed by atoms with E-state index < -0.39 is 0 Å². The average molecular weight is 281 g/mol. The Morgan fingerprint density at radius 3 is 2.81 bits per heavy atom. The Hall–Kier alpha value is -1.50. The molecular weight excluding hydrogens is 254 g/mol. The molecule has 0 aromatic heterocycles. The molecule has 3 rings (SSSR count). The Kier molecular flexibility index (Phi) is 3.93. The molecule has 1 nitrogen and oxygen atoms in total. The van der Waals surface area contributed by atoms with Gasteiger partial charge in [0.25, 0.3) is 0 Å². The molecular formula is C20H27N. The molecule has 0 heterocycles. The van der Waals surface area contributed by atoms with E-state index in [0.29, 0.717) is 11.8 Å². The van der Waals surface area contributed by atoms with Gasteiger partial charge in [-0.1, -0.05) is 56.4 Å². The third kappa shape index (κ3) is 2.92. The quantitative estimate of drug-likeness (QED) is 0.753. The Bertz CT molecular complexity index is 558. The highest BCUT2D eigenvalue weighted by Gasteiger charge is 2.33. The monoisotopic (exact) mass is 281 g/mol. The molecule has 0 aromatic rings. The molecule has 21 heavy (non-hydrogen) atoms. The number of rotatable bonds is 2. The maximum absolute atomic E-state index is 6.33. The molecule has 2 N–H and O–H groups in total. The molecule has 0 saturated carbocycles. The van der Waals surface area contributed by atoms with Crippen LogP contribution in [0.3, 0.4) is 0 Å². The first-order valence-corrected chi connectivity index (χ1v) is 8.31. The summed E-state index contributed by atoms with van der Waals surface area (Å²) in [5.41, 5.74) is 10.5. The van der Waals surface area contributed by atoms with Crippen LogP contribution < -0.4 is 5.73 Å². The summed E-state index contributed by atoms with van der Waals surface area (Å²) in [6.45, 7) is 4.66. The predicted molar refractivity (Wildman–Crippen MR) is 90.6 cm³/mol. The van der Waals surface area contributed by atoms with E-state index in [9.17, 15) is 0 Å². The third-order valence-corrected chi connectivity index (χ3v) is 5.32. The SMILES string of the molecule is CC1C=CC(C2=C[C@@](C)(C3C=CC=CC3)CCC2)=C(N)C1. The molecule has 3 atom stereocenters. The molecule has 0 fully saturated rings. The van der Waals surface area contributed by atoms with Gasteiger partial charge in [-0.2, -0.15) is 0 Å². The second kappa shape index (κ2) is 5.71. The van der Waals surface area contributed by atoms with Gasteiger partial charge in [-0.15, -0.1) is 0 Å². The molecule has 112 valence electrons. The molecule has 0 saturated heterocycles. The standard InChI is InChI=1S/C20H27N/c1-15-10-11-18(19(21)13-15)16-7-6-12-20(2,14-16)17-8-4-3-5-9-17/h3-5,8,10-11,14-15,17H,6-7,9,12-13,21H2,1-2H3/t15?,17?,20-/m0/s1. The van der Waals surface area contributed by atoms with Crippen molar-refractivity contribution < 1.29 is 0 Å². The molecule has 3 aliphatic rings. The van der Waals surface area contributed by atoms with Gasteiger partial charge in [-0.3, -0.25) is 0 Å². The highest BCUT2D eigenvalue weighted by Crippen LogP contribution is 2.45. The summed E-state index contributed by atoms with van der Waals surface area (Å²) in [5.74, 6) is 1.21. The first-order chi connectivity index (χ1) is 10.1. The fraction of sp³-hybridized carbons (Fsp3) is 0.500. The first kappa shape index (κ1) is 14.4. The summed E-state index contributed by atoms with van der Waals surface area (Å²) in [5, 5.41) is 0. The number of hydrogen-bond donors (Lipinski definition) is 1. The lowest BCUT2D eigenvalue weighted by Crippen LogP contribution is -2.28. The smallest absolute Gasteiger partial charge is 0.0162 e. The van der Waals surface area contributed by atoms with E-state index in [1.807, 2.05) is 0 Å². The van der Waals surface area contributed by atoms with Crippen LogP contribution in [0.1, 0.15) is 46.0 Å². The fourth-order valence-corrected chi connectivity index (χ4v) is 3.98. The number of allylic oxidation sites excluding steroid dienone is 10. The van der Waals surface area contributed by atoms with Crippen molar-refractivity contribution in [3.8, 4) is 0 Å². The molecule has 2 unspecified atom stereocenters. The van der Waals surface area contributed by atoms with Crippen molar-refractivity contribution >= 4 is 0 Å². The Morgan fingerprint density at radius 2 is 2.10 bits per heavy atom. The Morgan fingerprint density at radius 1 is 1.24 bits per heavy atom. The summed E-state index contributed by atoms with van der Waals surface area (Å²) < 4.78 is 0. The lowest BCUT2D eigenvalue weighted by atomic mass is 9.66. The Labute approximate surface area is 129 Å². The molecule has 0 bridgehead atoms. The minimum Gasteiger partial charge on any atom is -0.402 e. The highest BCUT2D eigenvalue weighted by molar-refractivity contribution is 5.46. The summed E-state index contributed by atoms with van der Waals surface area (Å²) in [6, 6.07) is 0. The van der Waals surface area contributed by atoms with E-state index in [4.69, 9.17) is 5.73 Å². The largest absolute Gasteiger partial charge is 0.402 e. The van der Waals surface area contributed by atoms with Crippen LogP contribution in [0.5, 0.6) is 0 Å². The van der Waals surface area contributed by atoms with E-state index >= 15 is 0 Å². The first-order valence-electron chi connectivity index (χ1n) is 8.31. The molecule has 0 aromatic carbocycles. The predicted octanol–water partition coefficient (Wildman–Crippen LogP) is 5.04. The fourth-order valence-electron chi connectivity index (χ4n) is 3.98. The van der Waals surface area contributed by atoms with Gasteiger partial charge in [0.15, 0.2) is 0 Å². The lowest BCUT2D eigenvalue weighted by Gasteiger charge is -2.38. The van der Waals surface area contributed by atoms with Crippen LogP contribution >= 0.6 is 0 Å². The zero-order valence-electron chi connectivity index (χ0n) is 13.3. The maximum atomic E-state index is 6.33.